The first-order valence-corrected chi connectivity index (χ1v) is 3.61. The first kappa shape index (κ1) is 9.18. The first-order valence-electron chi connectivity index (χ1n) is 2.81. The van der Waals surface area contributed by atoms with Crippen molar-refractivity contribution in [2.45, 2.75) is 5.92 Å². The molecule has 0 aromatic carbocycles. The molecule has 12 heavy (non-hydrogen) atoms. The maximum absolute atomic E-state index is 12.6. The van der Waals surface area contributed by atoms with Gasteiger partial charge in [-0.2, -0.15) is 8.78 Å². The zero-order chi connectivity index (χ0) is 9.35. The van der Waals surface area contributed by atoms with E-state index < -0.39 is 17.7 Å². The summed E-state index contributed by atoms with van der Waals surface area (Å²) < 4.78 is 29.6. The van der Waals surface area contributed by atoms with Crippen LogP contribution in [0.15, 0.2) is 21.2 Å². The molecular weight excluding hydrogens is 238 g/mol. The molecule has 1 heterocycles. The van der Waals surface area contributed by atoms with Crippen LogP contribution < -0.4 is 0 Å². The molecule has 0 atom stereocenters. The van der Waals surface area contributed by atoms with Gasteiger partial charge >= 0.3 is 11.9 Å². The second-order valence-corrected chi connectivity index (χ2v) is 2.76. The summed E-state index contributed by atoms with van der Waals surface area (Å²) in [6.45, 7) is 0. The molecule has 1 aromatic heterocycles. The molecule has 66 valence electrons. The Labute approximate surface area is 74.1 Å². The van der Waals surface area contributed by atoms with Crippen LogP contribution in [0, 0.1) is 0 Å². The molecule has 1 rings (SSSR count). The van der Waals surface area contributed by atoms with Crippen LogP contribution in [-0.4, -0.2) is 11.1 Å². The SMILES string of the molecule is O=C(O)C(F)(F)c1ccc(Br)o1. The van der Waals surface area contributed by atoms with Gasteiger partial charge in [-0.3, -0.25) is 0 Å². The Hall–Kier alpha value is -0.910. The van der Waals surface area contributed by atoms with Crippen LogP contribution in [0.25, 0.3) is 0 Å². The molecule has 0 aliphatic heterocycles. The number of carbonyl (C=O) groups is 1. The van der Waals surface area contributed by atoms with E-state index in [2.05, 4.69) is 20.3 Å². The number of hydrogen-bond acceptors (Lipinski definition) is 2. The predicted octanol–water partition coefficient (Wildman–Crippen LogP) is 2.22. The minimum atomic E-state index is -3.97. The lowest BCUT2D eigenvalue weighted by atomic mass is 10.3. The topological polar surface area (TPSA) is 50.4 Å². The van der Waals surface area contributed by atoms with Crippen molar-refractivity contribution in [2.75, 3.05) is 0 Å². The number of furan rings is 1. The van der Waals surface area contributed by atoms with Crippen LogP contribution in [0.4, 0.5) is 8.78 Å². The summed E-state index contributed by atoms with van der Waals surface area (Å²) in [5, 5.41) is 8.08. The van der Waals surface area contributed by atoms with Gasteiger partial charge in [0.1, 0.15) is 0 Å². The van der Waals surface area contributed by atoms with Crippen molar-refractivity contribution in [1.29, 1.82) is 0 Å². The van der Waals surface area contributed by atoms with Gasteiger partial charge in [-0.05, 0) is 28.1 Å². The number of carboxylic acids is 1. The summed E-state index contributed by atoms with van der Waals surface area (Å²) in [5.41, 5.74) is 0. The highest BCUT2D eigenvalue weighted by Crippen LogP contribution is 2.30. The molecule has 1 aromatic rings. The van der Waals surface area contributed by atoms with Gasteiger partial charge in [0, 0.05) is 0 Å². The van der Waals surface area contributed by atoms with Crippen LogP contribution in [0.1, 0.15) is 5.76 Å². The highest BCUT2D eigenvalue weighted by Gasteiger charge is 2.44. The third-order valence-electron chi connectivity index (χ3n) is 1.15. The molecule has 3 nitrogen and oxygen atoms in total. The Morgan fingerprint density at radius 1 is 1.58 bits per heavy atom. The number of alkyl halides is 2. The van der Waals surface area contributed by atoms with E-state index in [1.165, 1.54) is 6.07 Å². The van der Waals surface area contributed by atoms with Gasteiger partial charge in [0.05, 0.1) is 0 Å². The van der Waals surface area contributed by atoms with E-state index in [1.807, 2.05) is 0 Å². The lowest BCUT2D eigenvalue weighted by molar-refractivity contribution is -0.169. The second kappa shape index (κ2) is 2.85. The minimum Gasteiger partial charge on any atom is -0.476 e. The smallest absolute Gasteiger partial charge is 0.399 e. The van der Waals surface area contributed by atoms with Gasteiger partial charge < -0.3 is 9.52 Å². The molecule has 0 unspecified atom stereocenters. The molecular formula is C6H3BrF2O3. The highest BCUT2D eigenvalue weighted by atomic mass is 79.9. The highest BCUT2D eigenvalue weighted by molar-refractivity contribution is 9.10. The number of halogens is 3. The van der Waals surface area contributed by atoms with Crippen LogP contribution in [0.2, 0.25) is 0 Å². The van der Waals surface area contributed by atoms with Gasteiger partial charge in [0.15, 0.2) is 10.4 Å². The number of carboxylic acid groups (broad SMARTS) is 1. The van der Waals surface area contributed by atoms with Crippen molar-refractivity contribution < 1.29 is 23.1 Å². The molecule has 0 saturated carbocycles. The molecule has 6 heteroatoms. The number of rotatable bonds is 2. The van der Waals surface area contributed by atoms with E-state index in [1.54, 1.807) is 0 Å². The van der Waals surface area contributed by atoms with E-state index in [4.69, 9.17) is 5.11 Å². The predicted molar refractivity (Wildman–Crippen MR) is 37.9 cm³/mol. The normalized spacial score (nSPS) is 11.6. The Kier molecular flexibility index (Phi) is 2.18. The standard InChI is InChI=1S/C6H3BrF2O3/c7-4-2-1-3(12-4)6(8,9)5(10)11/h1-2H,(H,10,11). The quantitative estimate of drug-likeness (QED) is 0.863. The van der Waals surface area contributed by atoms with E-state index in [0.29, 0.717) is 0 Å². The Morgan fingerprint density at radius 2 is 2.17 bits per heavy atom. The minimum absolute atomic E-state index is 0.0680. The van der Waals surface area contributed by atoms with Gasteiger partial charge in [0.2, 0.25) is 0 Å². The van der Waals surface area contributed by atoms with E-state index in [9.17, 15) is 13.6 Å². The van der Waals surface area contributed by atoms with Crippen LogP contribution >= 0.6 is 15.9 Å². The molecule has 1 N–H and O–H groups in total. The van der Waals surface area contributed by atoms with E-state index in [0.717, 1.165) is 6.07 Å². The van der Waals surface area contributed by atoms with Gasteiger partial charge in [-0.1, -0.05) is 0 Å². The Morgan fingerprint density at radius 3 is 2.50 bits per heavy atom. The molecule has 0 fully saturated rings. The van der Waals surface area contributed by atoms with Crippen molar-refractivity contribution in [3.63, 3.8) is 0 Å². The Bertz CT molecular complexity index is 307. The number of hydrogen-bond donors (Lipinski definition) is 1. The average Bonchev–Trinajstić information content (AvgIpc) is 2.35. The maximum Gasteiger partial charge on any atom is 0.399 e. The first-order chi connectivity index (χ1) is 5.44. The molecule has 0 aliphatic rings. The van der Waals surface area contributed by atoms with Crippen molar-refractivity contribution in [1.82, 2.24) is 0 Å². The monoisotopic (exact) mass is 240 g/mol. The van der Waals surface area contributed by atoms with Crippen LogP contribution in [0.5, 0.6) is 0 Å². The van der Waals surface area contributed by atoms with Crippen molar-refractivity contribution in [2.24, 2.45) is 0 Å². The van der Waals surface area contributed by atoms with Crippen molar-refractivity contribution in [3.05, 3.63) is 22.6 Å². The molecule has 0 radical (unpaired) electrons. The lowest BCUT2D eigenvalue weighted by Gasteiger charge is -2.05. The summed E-state index contributed by atoms with van der Waals surface area (Å²) in [4.78, 5) is 10.0. The molecule has 0 bridgehead atoms. The molecule has 0 saturated heterocycles. The lowest BCUT2D eigenvalue weighted by Crippen LogP contribution is -2.24. The van der Waals surface area contributed by atoms with Crippen LogP contribution in [-0.2, 0) is 10.7 Å². The Balaban J connectivity index is 3.05. The van der Waals surface area contributed by atoms with Gasteiger partial charge in [-0.15, -0.1) is 0 Å². The fourth-order valence-electron chi connectivity index (χ4n) is 0.588. The third-order valence-corrected chi connectivity index (χ3v) is 1.58. The van der Waals surface area contributed by atoms with Gasteiger partial charge in [0.25, 0.3) is 0 Å². The van der Waals surface area contributed by atoms with Crippen LogP contribution in [0.3, 0.4) is 0 Å². The van der Waals surface area contributed by atoms with Crippen molar-refractivity contribution in [3.8, 4) is 0 Å². The molecule has 0 spiro atoms. The van der Waals surface area contributed by atoms with E-state index in [-0.39, 0.29) is 4.67 Å². The van der Waals surface area contributed by atoms with Gasteiger partial charge in [-0.25, -0.2) is 4.79 Å². The fourth-order valence-corrected chi connectivity index (χ4v) is 0.895. The summed E-state index contributed by atoms with van der Waals surface area (Å²) in [5.74, 6) is -7.09. The summed E-state index contributed by atoms with van der Waals surface area (Å²) in [6.07, 6.45) is 0. The summed E-state index contributed by atoms with van der Waals surface area (Å²) in [7, 11) is 0. The second-order valence-electron chi connectivity index (χ2n) is 1.98. The number of aliphatic carboxylic acids is 1. The average molecular weight is 241 g/mol. The van der Waals surface area contributed by atoms with Crippen molar-refractivity contribution >= 4 is 21.9 Å². The zero-order valence-corrected chi connectivity index (χ0v) is 7.14. The largest absolute Gasteiger partial charge is 0.476 e. The zero-order valence-electron chi connectivity index (χ0n) is 5.55. The molecule has 0 aliphatic carbocycles. The molecule has 0 amide bonds. The summed E-state index contributed by atoms with van der Waals surface area (Å²) >= 11 is 2.78. The third kappa shape index (κ3) is 1.47. The summed E-state index contributed by atoms with van der Waals surface area (Å²) in [6, 6.07) is 2.10. The maximum atomic E-state index is 12.6. The van der Waals surface area contributed by atoms with E-state index >= 15 is 0 Å². The fraction of sp³-hybridized carbons (Fsp3) is 0.167.